The van der Waals surface area contributed by atoms with Crippen LogP contribution in [0.2, 0.25) is 10.0 Å². The van der Waals surface area contributed by atoms with Crippen LogP contribution in [0.1, 0.15) is 5.56 Å². The zero-order chi connectivity index (χ0) is 20.1. The van der Waals surface area contributed by atoms with Crippen LogP contribution in [-0.2, 0) is 15.6 Å². The molecule has 2 atom stereocenters. The molecule has 148 valence electrons. The summed E-state index contributed by atoms with van der Waals surface area (Å²) in [4.78, 5) is 6.10. The zero-order valence-corrected chi connectivity index (χ0v) is 17.4. The molecule has 1 saturated heterocycles. The van der Waals surface area contributed by atoms with Crippen molar-refractivity contribution in [3.8, 4) is 0 Å². The molecule has 0 spiro atoms. The van der Waals surface area contributed by atoms with Gasteiger partial charge in [-0.3, -0.25) is 4.99 Å². The van der Waals surface area contributed by atoms with Crippen molar-refractivity contribution in [2.24, 2.45) is 4.99 Å². The summed E-state index contributed by atoms with van der Waals surface area (Å²) in [6.07, 6.45) is 0. The Morgan fingerprint density at radius 3 is 2.61 bits per heavy atom. The fourth-order valence-corrected chi connectivity index (χ4v) is 6.59. The van der Waals surface area contributed by atoms with Gasteiger partial charge in [0, 0.05) is 11.8 Å². The lowest BCUT2D eigenvalue weighted by Crippen LogP contribution is -2.39. The third-order valence-electron chi connectivity index (χ3n) is 4.63. The third-order valence-corrected chi connectivity index (χ3v) is 8.10. The van der Waals surface area contributed by atoms with Gasteiger partial charge >= 0.3 is 0 Å². The summed E-state index contributed by atoms with van der Waals surface area (Å²) < 4.78 is 51.9. The van der Waals surface area contributed by atoms with Crippen LogP contribution in [0, 0.1) is 11.6 Å². The smallest absolute Gasteiger partial charge is 0.164 e. The average molecular weight is 463 g/mol. The highest BCUT2D eigenvalue weighted by molar-refractivity contribution is 8.13. The first-order chi connectivity index (χ1) is 13.2. The van der Waals surface area contributed by atoms with Crippen LogP contribution in [0.25, 0.3) is 0 Å². The van der Waals surface area contributed by atoms with E-state index in [-0.39, 0.29) is 17.2 Å². The molecule has 2 aromatic rings. The molecule has 2 aliphatic rings. The molecule has 0 saturated carbocycles. The van der Waals surface area contributed by atoms with Crippen LogP contribution < -0.4 is 4.90 Å². The quantitative estimate of drug-likeness (QED) is 0.671. The van der Waals surface area contributed by atoms with Gasteiger partial charge in [0.2, 0.25) is 0 Å². The van der Waals surface area contributed by atoms with E-state index in [1.807, 2.05) is 6.07 Å². The number of thioether (sulfide) groups is 1. The predicted octanol–water partition coefficient (Wildman–Crippen LogP) is 4.55. The van der Waals surface area contributed by atoms with E-state index in [0.717, 1.165) is 17.7 Å². The molecule has 0 aliphatic carbocycles. The van der Waals surface area contributed by atoms with Gasteiger partial charge in [-0.1, -0.05) is 41.0 Å². The summed E-state index contributed by atoms with van der Waals surface area (Å²) in [5.74, 6) is -1.16. The Morgan fingerprint density at radius 2 is 1.89 bits per heavy atom. The standard InChI is InChI=1S/C18H14Cl2F2N2O2S2/c19-12-3-1-10(5-13(12)20)7-27-18-23-15-8-28(25,26)9-17(15)24(18)16-4-2-11(21)6-14(16)22/h1-6,15,17H,7-9H2/t15-,17-/m1/s1. The molecule has 2 heterocycles. The molecule has 0 unspecified atom stereocenters. The number of hydrogen-bond donors (Lipinski definition) is 0. The maximum absolute atomic E-state index is 14.5. The molecule has 10 heteroatoms. The second-order valence-electron chi connectivity index (χ2n) is 6.63. The molecule has 0 amide bonds. The number of rotatable bonds is 3. The lowest BCUT2D eigenvalue weighted by molar-refractivity contribution is 0.577. The first-order valence-electron chi connectivity index (χ1n) is 8.33. The molecule has 4 rings (SSSR count). The molecule has 0 bridgehead atoms. The van der Waals surface area contributed by atoms with E-state index in [9.17, 15) is 17.2 Å². The second kappa shape index (κ2) is 7.48. The van der Waals surface area contributed by atoms with Gasteiger partial charge in [-0.25, -0.2) is 17.2 Å². The summed E-state index contributed by atoms with van der Waals surface area (Å²) in [5, 5.41) is 1.38. The van der Waals surface area contributed by atoms with E-state index < -0.39 is 33.6 Å². The Labute approximate surface area is 175 Å². The fourth-order valence-electron chi connectivity index (χ4n) is 3.37. The van der Waals surface area contributed by atoms with E-state index in [0.29, 0.717) is 21.0 Å². The lowest BCUT2D eigenvalue weighted by Gasteiger charge is -2.26. The van der Waals surface area contributed by atoms with E-state index in [1.54, 1.807) is 17.0 Å². The van der Waals surface area contributed by atoms with Crippen molar-refractivity contribution < 1.29 is 17.2 Å². The molecule has 0 N–H and O–H groups in total. The minimum atomic E-state index is -3.25. The second-order valence-corrected chi connectivity index (χ2v) is 10.5. The van der Waals surface area contributed by atoms with Crippen LogP contribution >= 0.6 is 35.0 Å². The topological polar surface area (TPSA) is 49.7 Å². The maximum atomic E-state index is 14.5. The first kappa shape index (κ1) is 19.9. The van der Waals surface area contributed by atoms with Crippen LogP contribution in [-0.4, -0.2) is 37.2 Å². The number of amidine groups is 1. The number of benzene rings is 2. The van der Waals surface area contributed by atoms with Gasteiger partial charge in [0.15, 0.2) is 15.0 Å². The van der Waals surface area contributed by atoms with Crippen molar-refractivity contribution >= 4 is 55.7 Å². The molecule has 0 radical (unpaired) electrons. The molecule has 2 aliphatic heterocycles. The first-order valence-corrected chi connectivity index (χ1v) is 11.9. The third kappa shape index (κ3) is 3.87. The number of nitrogens with zero attached hydrogens (tertiary/aromatic N) is 2. The van der Waals surface area contributed by atoms with Crippen molar-refractivity contribution in [2.45, 2.75) is 17.8 Å². The normalized spacial score (nSPS) is 23.0. The van der Waals surface area contributed by atoms with E-state index in [2.05, 4.69) is 4.99 Å². The Morgan fingerprint density at radius 1 is 1.11 bits per heavy atom. The number of hydrogen-bond acceptors (Lipinski definition) is 5. The number of halogens is 4. The molecule has 4 nitrogen and oxygen atoms in total. The molecular formula is C18H14Cl2F2N2O2S2. The summed E-state index contributed by atoms with van der Waals surface area (Å²) in [7, 11) is -3.25. The summed E-state index contributed by atoms with van der Waals surface area (Å²) >= 11 is 13.3. The monoisotopic (exact) mass is 462 g/mol. The molecule has 2 aromatic carbocycles. The van der Waals surface area contributed by atoms with Crippen molar-refractivity contribution in [1.29, 1.82) is 0 Å². The van der Waals surface area contributed by atoms with Gasteiger partial charge in [0.05, 0.1) is 39.3 Å². The highest BCUT2D eigenvalue weighted by atomic mass is 35.5. The number of anilines is 1. The minimum absolute atomic E-state index is 0.0756. The largest absolute Gasteiger partial charge is 0.312 e. The Bertz CT molecular complexity index is 1080. The van der Waals surface area contributed by atoms with E-state index >= 15 is 0 Å². The summed E-state index contributed by atoms with van der Waals surface area (Å²) in [6, 6.07) is 7.53. The fraction of sp³-hybridized carbons (Fsp3) is 0.278. The van der Waals surface area contributed by atoms with Gasteiger partial charge in [-0.2, -0.15) is 0 Å². The maximum Gasteiger partial charge on any atom is 0.164 e. The number of sulfone groups is 1. The predicted molar refractivity (Wildman–Crippen MR) is 110 cm³/mol. The van der Waals surface area contributed by atoms with Crippen LogP contribution in [0.3, 0.4) is 0 Å². The van der Waals surface area contributed by atoms with Gasteiger partial charge in [0.1, 0.15) is 11.6 Å². The molecule has 0 aromatic heterocycles. The number of aliphatic imine (C=N–C) groups is 1. The van der Waals surface area contributed by atoms with Gasteiger partial charge in [0.25, 0.3) is 0 Å². The Hall–Kier alpha value is -1.35. The SMILES string of the molecule is O=S1(=O)C[C@@H]2[C@@H](C1)N=C(SCc1ccc(Cl)c(Cl)c1)N2c1ccc(F)cc1F. The summed E-state index contributed by atoms with van der Waals surface area (Å²) in [6.45, 7) is 0. The van der Waals surface area contributed by atoms with E-state index in [4.69, 9.17) is 23.2 Å². The molecular weight excluding hydrogens is 449 g/mol. The highest BCUT2D eigenvalue weighted by Gasteiger charge is 2.47. The van der Waals surface area contributed by atoms with Crippen molar-refractivity contribution in [3.63, 3.8) is 0 Å². The summed E-state index contributed by atoms with van der Waals surface area (Å²) in [5.41, 5.74) is 1.01. The zero-order valence-electron chi connectivity index (χ0n) is 14.3. The number of fused-ring (bicyclic) bond motifs is 1. The Balaban J connectivity index is 1.64. The molecule has 1 fully saturated rings. The van der Waals surface area contributed by atoms with Crippen LogP contribution in [0.5, 0.6) is 0 Å². The van der Waals surface area contributed by atoms with Crippen LogP contribution in [0.15, 0.2) is 41.4 Å². The average Bonchev–Trinajstić information content (AvgIpc) is 3.08. The van der Waals surface area contributed by atoms with Gasteiger partial charge < -0.3 is 4.90 Å². The Kier molecular flexibility index (Phi) is 5.33. The van der Waals surface area contributed by atoms with Crippen molar-refractivity contribution in [2.75, 3.05) is 16.4 Å². The van der Waals surface area contributed by atoms with Gasteiger partial charge in [-0.15, -0.1) is 0 Å². The van der Waals surface area contributed by atoms with Gasteiger partial charge in [-0.05, 0) is 29.8 Å². The minimum Gasteiger partial charge on any atom is -0.312 e. The van der Waals surface area contributed by atoms with E-state index in [1.165, 1.54) is 17.8 Å². The molecule has 28 heavy (non-hydrogen) atoms. The van der Waals surface area contributed by atoms with Crippen molar-refractivity contribution in [1.82, 2.24) is 0 Å². The lowest BCUT2D eigenvalue weighted by atomic mass is 10.1. The van der Waals surface area contributed by atoms with Crippen molar-refractivity contribution in [3.05, 3.63) is 63.6 Å². The highest BCUT2D eigenvalue weighted by Crippen LogP contribution is 2.37. The van der Waals surface area contributed by atoms with Crippen LogP contribution in [0.4, 0.5) is 14.5 Å².